The van der Waals surface area contributed by atoms with Crippen LogP contribution in [0.3, 0.4) is 0 Å². The van der Waals surface area contributed by atoms with E-state index in [-0.39, 0.29) is 5.56 Å². The van der Waals surface area contributed by atoms with Crippen molar-refractivity contribution in [3.63, 3.8) is 0 Å². The Bertz CT molecular complexity index is 1490. The number of rotatable bonds is 5. The van der Waals surface area contributed by atoms with E-state index in [9.17, 15) is 4.79 Å². The van der Waals surface area contributed by atoms with Gasteiger partial charge in [0.1, 0.15) is 9.84 Å². The summed E-state index contributed by atoms with van der Waals surface area (Å²) < 4.78 is 3.04. The van der Waals surface area contributed by atoms with Gasteiger partial charge in [-0.05, 0) is 56.3 Å². The standard InChI is InChI=1S/C25H24N4OS3/c1-15-13-31-22(27-15)12-28(2)17-7-8-19-21(10-17)33-24-23(19)25(30)29(14-26-24)11-18-9-16-5-3-4-6-20(16)32-18/h3-6,9,13-14,17H,7-8,10-12H2,1-2H3. The second-order valence-corrected chi connectivity index (χ2v) is 12.0. The molecule has 6 rings (SSSR count). The Hall–Kier alpha value is -2.39. The maximum Gasteiger partial charge on any atom is 0.262 e. The summed E-state index contributed by atoms with van der Waals surface area (Å²) in [7, 11) is 2.19. The second-order valence-electron chi connectivity index (χ2n) is 8.81. The number of aryl methyl sites for hydroxylation is 2. The lowest BCUT2D eigenvalue weighted by Crippen LogP contribution is -2.35. The highest BCUT2D eigenvalue weighted by Crippen LogP contribution is 2.35. The van der Waals surface area contributed by atoms with E-state index in [2.05, 4.69) is 52.6 Å². The zero-order chi connectivity index (χ0) is 22.5. The number of hydrogen-bond acceptors (Lipinski definition) is 7. The summed E-state index contributed by atoms with van der Waals surface area (Å²) in [6.07, 6.45) is 4.70. The molecule has 1 unspecified atom stereocenters. The highest BCUT2D eigenvalue weighted by molar-refractivity contribution is 7.19. The normalized spacial score (nSPS) is 16.2. The highest BCUT2D eigenvalue weighted by Gasteiger charge is 2.27. The van der Waals surface area contributed by atoms with Gasteiger partial charge in [-0.1, -0.05) is 18.2 Å². The predicted molar refractivity (Wildman–Crippen MR) is 139 cm³/mol. The molecule has 168 valence electrons. The molecule has 0 fully saturated rings. The number of thiazole rings is 1. The molecular weight excluding hydrogens is 469 g/mol. The zero-order valence-corrected chi connectivity index (χ0v) is 21.0. The van der Waals surface area contributed by atoms with Gasteiger partial charge in [-0.15, -0.1) is 34.0 Å². The predicted octanol–water partition coefficient (Wildman–Crippen LogP) is 5.48. The van der Waals surface area contributed by atoms with Crippen LogP contribution in [0.5, 0.6) is 0 Å². The summed E-state index contributed by atoms with van der Waals surface area (Å²) >= 11 is 5.18. The van der Waals surface area contributed by atoms with Crippen LogP contribution in [-0.4, -0.2) is 32.5 Å². The van der Waals surface area contributed by atoms with Crippen molar-refractivity contribution >= 4 is 54.3 Å². The molecule has 33 heavy (non-hydrogen) atoms. The van der Waals surface area contributed by atoms with Gasteiger partial charge in [-0.2, -0.15) is 0 Å². The van der Waals surface area contributed by atoms with Crippen molar-refractivity contribution in [1.82, 2.24) is 19.4 Å². The largest absolute Gasteiger partial charge is 0.296 e. The minimum Gasteiger partial charge on any atom is -0.296 e. The van der Waals surface area contributed by atoms with Gasteiger partial charge in [0.15, 0.2) is 0 Å². The van der Waals surface area contributed by atoms with Crippen LogP contribution in [0.15, 0.2) is 46.8 Å². The van der Waals surface area contributed by atoms with E-state index in [0.29, 0.717) is 12.6 Å². The summed E-state index contributed by atoms with van der Waals surface area (Å²) in [5.41, 5.74) is 2.42. The Kier molecular flexibility index (Phi) is 5.41. The van der Waals surface area contributed by atoms with E-state index in [1.165, 1.54) is 30.4 Å². The summed E-state index contributed by atoms with van der Waals surface area (Å²) in [6.45, 7) is 3.50. The first-order chi connectivity index (χ1) is 16.0. The van der Waals surface area contributed by atoms with Gasteiger partial charge >= 0.3 is 0 Å². The lowest BCUT2D eigenvalue weighted by molar-refractivity contribution is 0.215. The Morgan fingerprint density at radius 2 is 2.12 bits per heavy atom. The fourth-order valence-electron chi connectivity index (χ4n) is 4.77. The van der Waals surface area contributed by atoms with Gasteiger partial charge in [0.25, 0.3) is 5.56 Å². The first kappa shape index (κ1) is 21.2. The molecule has 8 heteroatoms. The number of likely N-dealkylation sites (N-methyl/N-ethyl adjacent to an activating group) is 1. The van der Waals surface area contributed by atoms with Crippen molar-refractivity contribution in [3.05, 3.63) is 78.4 Å². The quantitative estimate of drug-likeness (QED) is 0.326. The van der Waals surface area contributed by atoms with Gasteiger partial charge in [-0.3, -0.25) is 14.3 Å². The molecule has 0 amide bonds. The van der Waals surface area contributed by atoms with Gasteiger partial charge in [0.05, 0.1) is 24.8 Å². The van der Waals surface area contributed by atoms with E-state index in [0.717, 1.165) is 41.7 Å². The van der Waals surface area contributed by atoms with Crippen molar-refractivity contribution in [2.45, 2.75) is 45.3 Å². The van der Waals surface area contributed by atoms with Gasteiger partial charge in [-0.25, -0.2) is 9.97 Å². The third-order valence-electron chi connectivity index (χ3n) is 6.49. The highest BCUT2D eigenvalue weighted by atomic mass is 32.1. The summed E-state index contributed by atoms with van der Waals surface area (Å²) in [5, 5.41) is 5.36. The van der Waals surface area contributed by atoms with E-state index in [4.69, 9.17) is 4.98 Å². The second kappa shape index (κ2) is 8.43. The Labute approximate surface area is 204 Å². The van der Waals surface area contributed by atoms with Crippen LogP contribution in [0.25, 0.3) is 20.3 Å². The molecule has 0 N–H and O–H groups in total. The van der Waals surface area contributed by atoms with Crippen LogP contribution < -0.4 is 5.56 Å². The first-order valence-corrected chi connectivity index (χ1v) is 13.6. The molecule has 0 aliphatic heterocycles. The van der Waals surface area contributed by atoms with Gasteiger partial charge in [0.2, 0.25) is 0 Å². The molecule has 1 aliphatic rings. The Morgan fingerprint density at radius 3 is 2.94 bits per heavy atom. The van der Waals surface area contributed by atoms with Crippen LogP contribution in [0.1, 0.15) is 32.4 Å². The van der Waals surface area contributed by atoms with E-state index < -0.39 is 0 Å². The number of thiophene rings is 2. The molecule has 0 spiro atoms. The van der Waals surface area contributed by atoms with Crippen LogP contribution in [0.2, 0.25) is 0 Å². The molecule has 1 aliphatic carbocycles. The fraction of sp³-hybridized carbons (Fsp3) is 0.320. The molecule has 0 saturated carbocycles. The molecular formula is C25H24N4OS3. The van der Waals surface area contributed by atoms with Gasteiger partial charge < -0.3 is 0 Å². The fourth-order valence-corrected chi connectivity index (χ4v) is 7.92. The van der Waals surface area contributed by atoms with E-state index >= 15 is 0 Å². The lowest BCUT2D eigenvalue weighted by atomic mass is 9.92. The van der Waals surface area contributed by atoms with Crippen LogP contribution in [0, 0.1) is 6.92 Å². The molecule has 5 aromatic rings. The maximum absolute atomic E-state index is 13.5. The monoisotopic (exact) mass is 492 g/mol. The number of fused-ring (bicyclic) bond motifs is 4. The smallest absolute Gasteiger partial charge is 0.262 e. The minimum atomic E-state index is 0.0972. The number of hydrogen-bond donors (Lipinski definition) is 0. The van der Waals surface area contributed by atoms with Gasteiger partial charge in [0, 0.05) is 31.6 Å². The van der Waals surface area contributed by atoms with Crippen molar-refractivity contribution in [3.8, 4) is 0 Å². The summed E-state index contributed by atoms with van der Waals surface area (Å²) in [6, 6.07) is 11.0. The third kappa shape index (κ3) is 3.95. The number of aromatic nitrogens is 3. The average molecular weight is 493 g/mol. The topological polar surface area (TPSA) is 51.0 Å². The average Bonchev–Trinajstić information content (AvgIpc) is 3.51. The van der Waals surface area contributed by atoms with Crippen LogP contribution in [0.4, 0.5) is 0 Å². The molecule has 1 atom stereocenters. The maximum atomic E-state index is 13.5. The van der Waals surface area contributed by atoms with Crippen LogP contribution >= 0.6 is 34.0 Å². The molecule has 0 bridgehead atoms. The Morgan fingerprint density at radius 1 is 1.24 bits per heavy atom. The molecule has 5 nitrogen and oxygen atoms in total. The first-order valence-electron chi connectivity index (χ1n) is 11.1. The number of benzene rings is 1. The van der Waals surface area contributed by atoms with E-state index in [1.807, 2.05) is 6.92 Å². The Balaban J connectivity index is 1.27. The minimum absolute atomic E-state index is 0.0972. The summed E-state index contributed by atoms with van der Waals surface area (Å²) in [5.74, 6) is 0. The number of nitrogens with zero attached hydrogens (tertiary/aromatic N) is 4. The third-order valence-corrected chi connectivity index (χ3v) is 9.70. The van der Waals surface area contributed by atoms with Crippen molar-refractivity contribution in [2.24, 2.45) is 0 Å². The van der Waals surface area contributed by atoms with E-state index in [1.54, 1.807) is 44.9 Å². The molecule has 0 saturated heterocycles. The SMILES string of the molecule is Cc1csc(CN(C)C2CCc3c(sc4ncn(Cc5cc6ccccc6s5)c(=O)c34)C2)n1. The zero-order valence-electron chi connectivity index (χ0n) is 18.6. The lowest BCUT2D eigenvalue weighted by Gasteiger charge is -2.30. The van der Waals surface area contributed by atoms with Crippen molar-refractivity contribution < 1.29 is 0 Å². The van der Waals surface area contributed by atoms with Crippen molar-refractivity contribution in [2.75, 3.05) is 7.05 Å². The molecule has 1 aromatic carbocycles. The summed E-state index contributed by atoms with van der Waals surface area (Å²) in [4.78, 5) is 28.6. The molecule has 4 aromatic heterocycles. The van der Waals surface area contributed by atoms with Crippen LogP contribution in [-0.2, 0) is 25.9 Å². The molecule has 0 radical (unpaired) electrons. The van der Waals surface area contributed by atoms with Crippen molar-refractivity contribution in [1.29, 1.82) is 0 Å². The molecule has 4 heterocycles.